The summed E-state index contributed by atoms with van der Waals surface area (Å²) in [6.45, 7) is -0.238. The third kappa shape index (κ3) is 2.43. The molecule has 2 fully saturated rings. The highest BCUT2D eigenvalue weighted by Crippen LogP contribution is 2.48. The molecular weight excluding hydrogens is 199 g/mol. The molecular formula is C11H19FOS. The lowest BCUT2D eigenvalue weighted by molar-refractivity contribution is 0.0128. The van der Waals surface area contributed by atoms with Gasteiger partial charge < -0.3 is 5.11 Å². The zero-order valence-corrected chi connectivity index (χ0v) is 9.36. The van der Waals surface area contributed by atoms with E-state index in [4.69, 9.17) is 0 Å². The van der Waals surface area contributed by atoms with Crippen molar-refractivity contribution in [3.63, 3.8) is 0 Å². The van der Waals surface area contributed by atoms with Gasteiger partial charge in [-0.25, -0.2) is 0 Å². The second-order valence-corrected chi connectivity index (χ2v) is 6.34. The van der Waals surface area contributed by atoms with Crippen molar-refractivity contribution in [3.8, 4) is 0 Å². The summed E-state index contributed by atoms with van der Waals surface area (Å²) in [7, 11) is 0. The van der Waals surface area contributed by atoms with Crippen LogP contribution in [-0.2, 0) is 0 Å². The highest BCUT2D eigenvalue weighted by atomic mass is 32.2. The van der Waals surface area contributed by atoms with Crippen molar-refractivity contribution in [1.29, 1.82) is 0 Å². The molecule has 0 amide bonds. The Bertz CT molecular complexity index is 186. The Hall–Kier alpha value is 0.240. The van der Waals surface area contributed by atoms with Gasteiger partial charge >= 0.3 is 0 Å². The summed E-state index contributed by atoms with van der Waals surface area (Å²) in [5.74, 6) is 0. The lowest BCUT2D eigenvalue weighted by atomic mass is 9.88. The Kier molecular flexibility index (Phi) is 3.38. The predicted octanol–water partition coefficient (Wildman–Crippen LogP) is 2.92. The SMILES string of the molecule is OC1(CCCCF)CC2CCC(C1)S2. The monoisotopic (exact) mass is 218 g/mol. The van der Waals surface area contributed by atoms with Crippen LogP contribution in [0.25, 0.3) is 0 Å². The number of alkyl halides is 1. The van der Waals surface area contributed by atoms with Crippen molar-refractivity contribution in [3.05, 3.63) is 0 Å². The second kappa shape index (κ2) is 4.40. The topological polar surface area (TPSA) is 20.2 Å². The molecule has 0 aromatic carbocycles. The Labute approximate surface area is 89.5 Å². The Morgan fingerprint density at radius 2 is 1.86 bits per heavy atom. The lowest BCUT2D eigenvalue weighted by Gasteiger charge is -2.36. The van der Waals surface area contributed by atoms with E-state index in [2.05, 4.69) is 11.8 Å². The maximum atomic E-state index is 12.0. The molecule has 3 heteroatoms. The van der Waals surface area contributed by atoms with Crippen molar-refractivity contribution < 1.29 is 9.50 Å². The molecule has 0 saturated carbocycles. The number of hydrogen-bond donors (Lipinski definition) is 1. The third-order valence-corrected chi connectivity index (χ3v) is 5.01. The van der Waals surface area contributed by atoms with Crippen LogP contribution in [0.2, 0.25) is 0 Å². The third-order valence-electron chi connectivity index (χ3n) is 3.44. The fourth-order valence-corrected chi connectivity index (χ4v) is 4.67. The second-order valence-electron chi connectivity index (χ2n) is 4.74. The molecule has 2 aliphatic heterocycles. The minimum Gasteiger partial charge on any atom is -0.390 e. The van der Waals surface area contributed by atoms with Crippen molar-refractivity contribution in [2.45, 2.75) is 61.0 Å². The van der Waals surface area contributed by atoms with Crippen LogP contribution in [0.15, 0.2) is 0 Å². The first-order valence-electron chi connectivity index (χ1n) is 5.66. The molecule has 2 saturated heterocycles. The highest BCUT2D eigenvalue weighted by Gasteiger charge is 2.42. The van der Waals surface area contributed by atoms with Crippen molar-refractivity contribution in [2.24, 2.45) is 0 Å². The van der Waals surface area contributed by atoms with Gasteiger partial charge in [-0.05, 0) is 44.9 Å². The normalized spacial score (nSPS) is 41.6. The number of fused-ring (bicyclic) bond motifs is 2. The predicted molar refractivity (Wildman–Crippen MR) is 58.4 cm³/mol. The molecule has 2 unspecified atom stereocenters. The number of halogens is 1. The van der Waals surface area contributed by atoms with E-state index < -0.39 is 5.60 Å². The van der Waals surface area contributed by atoms with Gasteiger partial charge in [0.15, 0.2) is 0 Å². The Morgan fingerprint density at radius 1 is 1.21 bits per heavy atom. The molecule has 0 aliphatic carbocycles. The van der Waals surface area contributed by atoms with Gasteiger partial charge in [0.05, 0.1) is 12.3 Å². The van der Waals surface area contributed by atoms with Crippen LogP contribution in [0.3, 0.4) is 0 Å². The van der Waals surface area contributed by atoms with Crippen molar-refractivity contribution >= 4 is 11.8 Å². The molecule has 82 valence electrons. The summed E-state index contributed by atoms with van der Waals surface area (Å²) in [5.41, 5.74) is -0.452. The fraction of sp³-hybridized carbons (Fsp3) is 1.00. The van der Waals surface area contributed by atoms with E-state index in [-0.39, 0.29) is 6.67 Å². The maximum absolute atomic E-state index is 12.0. The Balaban J connectivity index is 1.83. The zero-order valence-electron chi connectivity index (χ0n) is 8.54. The van der Waals surface area contributed by atoms with Crippen LogP contribution in [0, 0.1) is 0 Å². The van der Waals surface area contributed by atoms with E-state index in [0.717, 1.165) is 25.7 Å². The fourth-order valence-electron chi connectivity index (χ4n) is 2.76. The number of aliphatic hydroxyl groups is 1. The minimum atomic E-state index is -0.452. The standard InChI is InChI=1S/C11H19FOS/c12-6-2-1-5-11(13)7-9-3-4-10(8-11)14-9/h9-10,13H,1-8H2. The number of rotatable bonds is 4. The summed E-state index contributed by atoms with van der Waals surface area (Å²) in [5, 5.41) is 11.7. The molecule has 2 aliphatic rings. The van der Waals surface area contributed by atoms with Crippen LogP contribution in [0.5, 0.6) is 0 Å². The van der Waals surface area contributed by atoms with Gasteiger partial charge in [0, 0.05) is 10.5 Å². The van der Waals surface area contributed by atoms with Gasteiger partial charge in [0.2, 0.25) is 0 Å². The quantitative estimate of drug-likeness (QED) is 0.732. The summed E-state index contributed by atoms with van der Waals surface area (Å²) < 4.78 is 12.0. The zero-order chi connectivity index (χ0) is 10.0. The first kappa shape index (κ1) is 10.7. The molecule has 2 heterocycles. The van der Waals surface area contributed by atoms with Gasteiger partial charge in [-0.15, -0.1) is 0 Å². The van der Waals surface area contributed by atoms with Gasteiger partial charge in [0.25, 0.3) is 0 Å². The lowest BCUT2D eigenvalue weighted by Crippen LogP contribution is -2.37. The van der Waals surface area contributed by atoms with Crippen LogP contribution < -0.4 is 0 Å². The summed E-state index contributed by atoms with van der Waals surface area (Å²) >= 11 is 2.06. The van der Waals surface area contributed by atoms with Gasteiger partial charge in [-0.2, -0.15) is 11.8 Å². The molecule has 0 aromatic rings. The molecule has 0 aromatic heterocycles. The van der Waals surface area contributed by atoms with E-state index in [1.807, 2.05) is 0 Å². The molecule has 14 heavy (non-hydrogen) atoms. The average Bonchev–Trinajstić information content (AvgIpc) is 2.46. The molecule has 0 spiro atoms. The highest BCUT2D eigenvalue weighted by molar-refractivity contribution is 8.00. The van der Waals surface area contributed by atoms with E-state index >= 15 is 0 Å². The van der Waals surface area contributed by atoms with Crippen LogP contribution >= 0.6 is 11.8 Å². The van der Waals surface area contributed by atoms with E-state index in [1.54, 1.807) is 0 Å². The van der Waals surface area contributed by atoms with Gasteiger partial charge in [-0.1, -0.05) is 0 Å². The van der Waals surface area contributed by atoms with Gasteiger partial charge in [0.1, 0.15) is 0 Å². The number of hydrogen-bond acceptors (Lipinski definition) is 2. The van der Waals surface area contributed by atoms with Crippen molar-refractivity contribution in [1.82, 2.24) is 0 Å². The van der Waals surface area contributed by atoms with E-state index in [9.17, 15) is 9.50 Å². The summed E-state index contributed by atoms with van der Waals surface area (Å²) in [6.07, 6.45) is 6.72. The summed E-state index contributed by atoms with van der Waals surface area (Å²) in [4.78, 5) is 0. The largest absolute Gasteiger partial charge is 0.390 e. The first-order chi connectivity index (χ1) is 6.72. The van der Waals surface area contributed by atoms with Gasteiger partial charge in [-0.3, -0.25) is 4.39 Å². The van der Waals surface area contributed by atoms with Crippen LogP contribution in [0.4, 0.5) is 4.39 Å². The molecule has 2 bridgehead atoms. The number of unbranched alkanes of at least 4 members (excludes halogenated alkanes) is 1. The summed E-state index contributed by atoms with van der Waals surface area (Å²) in [6, 6.07) is 0. The van der Waals surface area contributed by atoms with E-state index in [0.29, 0.717) is 16.9 Å². The van der Waals surface area contributed by atoms with E-state index in [1.165, 1.54) is 12.8 Å². The first-order valence-corrected chi connectivity index (χ1v) is 6.60. The maximum Gasteiger partial charge on any atom is 0.0894 e. The van der Waals surface area contributed by atoms with Crippen molar-refractivity contribution in [2.75, 3.05) is 6.67 Å². The molecule has 1 N–H and O–H groups in total. The average molecular weight is 218 g/mol. The molecule has 1 nitrogen and oxygen atoms in total. The van der Waals surface area contributed by atoms with Crippen LogP contribution in [0.1, 0.15) is 44.9 Å². The van der Waals surface area contributed by atoms with Crippen LogP contribution in [-0.4, -0.2) is 27.9 Å². The molecule has 2 atom stereocenters. The molecule has 0 radical (unpaired) electrons. The number of thioether (sulfide) groups is 1. The smallest absolute Gasteiger partial charge is 0.0894 e. The Morgan fingerprint density at radius 3 is 2.43 bits per heavy atom. The molecule has 2 rings (SSSR count). The minimum absolute atomic E-state index is 0.238.